The van der Waals surface area contributed by atoms with E-state index >= 15 is 0 Å². The molecule has 1 atom stereocenters. The van der Waals surface area contributed by atoms with Crippen LogP contribution in [0.3, 0.4) is 0 Å². The summed E-state index contributed by atoms with van der Waals surface area (Å²) < 4.78 is 0. The van der Waals surface area contributed by atoms with Gasteiger partial charge < -0.3 is 15.1 Å². The predicted octanol–water partition coefficient (Wildman–Crippen LogP) is 2.76. The molecule has 2 rings (SSSR count). The molecule has 0 radical (unpaired) electrons. The maximum absolute atomic E-state index is 12.0. The summed E-state index contributed by atoms with van der Waals surface area (Å²) in [6.07, 6.45) is 2.20. The van der Waals surface area contributed by atoms with Crippen LogP contribution >= 0.6 is 11.8 Å². The van der Waals surface area contributed by atoms with Crippen LogP contribution in [0.5, 0.6) is 0 Å². The molecule has 0 saturated carbocycles. The number of benzene rings is 1. The van der Waals surface area contributed by atoms with E-state index in [-0.39, 0.29) is 6.03 Å². The van der Waals surface area contributed by atoms with Gasteiger partial charge in [-0.3, -0.25) is 0 Å². The summed E-state index contributed by atoms with van der Waals surface area (Å²) in [6.45, 7) is 3.84. The Bertz CT molecular complexity index is 454. The predicted molar refractivity (Wildman–Crippen MR) is 93.4 cm³/mol. The minimum atomic E-state index is 0.0549. The molecule has 1 aromatic rings. The SMILES string of the molecule is CN1CCC(CNC(=O)N(C)CCCSc2ccccc2)C1. The normalized spacial score (nSPS) is 18.4. The van der Waals surface area contributed by atoms with Crippen LogP contribution in [-0.4, -0.2) is 61.9 Å². The van der Waals surface area contributed by atoms with E-state index < -0.39 is 0 Å². The van der Waals surface area contributed by atoms with Gasteiger partial charge in [-0.25, -0.2) is 4.79 Å². The fourth-order valence-electron chi connectivity index (χ4n) is 2.67. The monoisotopic (exact) mass is 321 g/mol. The highest BCUT2D eigenvalue weighted by atomic mass is 32.2. The molecule has 1 fully saturated rings. The third-order valence-electron chi connectivity index (χ3n) is 4.03. The number of likely N-dealkylation sites (tertiary alicyclic amines) is 1. The van der Waals surface area contributed by atoms with E-state index in [0.29, 0.717) is 5.92 Å². The molecule has 122 valence electrons. The van der Waals surface area contributed by atoms with Gasteiger partial charge in [0.1, 0.15) is 0 Å². The Morgan fingerprint density at radius 3 is 2.86 bits per heavy atom. The Kier molecular flexibility index (Phi) is 7.06. The van der Waals surface area contributed by atoms with Crippen molar-refractivity contribution in [2.24, 2.45) is 5.92 Å². The van der Waals surface area contributed by atoms with E-state index in [1.165, 1.54) is 11.3 Å². The Morgan fingerprint density at radius 2 is 2.18 bits per heavy atom. The van der Waals surface area contributed by atoms with Crippen LogP contribution < -0.4 is 5.32 Å². The van der Waals surface area contributed by atoms with Gasteiger partial charge in [-0.2, -0.15) is 0 Å². The van der Waals surface area contributed by atoms with E-state index in [1.807, 2.05) is 24.9 Å². The second-order valence-corrected chi connectivity index (χ2v) is 7.21. The Hall–Kier alpha value is -1.20. The first kappa shape index (κ1) is 17.2. The number of rotatable bonds is 7. The molecular formula is C17H27N3OS. The van der Waals surface area contributed by atoms with Crippen LogP contribution in [0, 0.1) is 5.92 Å². The van der Waals surface area contributed by atoms with E-state index in [9.17, 15) is 4.79 Å². The summed E-state index contributed by atoms with van der Waals surface area (Å²) in [4.78, 5) is 17.4. The number of thioether (sulfide) groups is 1. The van der Waals surface area contributed by atoms with Gasteiger partial charge in [0.05, 0.1) is 0 Å². The number of urea groups is 1. The number of hydrogen-bond acceptors (Lipinski definition) is 3. The lowest BCUT2D eigenvalue weighted by Gasteiger charge is -2.19. The van der Waals surface area contributed by atoms with E-state index in [0.717, 1.165) is 38.4 Å². The van der Waals surface area contributed by atoms with Gasteiger partial charge in [0.15, 0.2) is 0 Å². The molecule has 0 aliphatic carbocycles. The Balaban J connectivity index is 1.56. The van der Waals surface area contributed by atoms with Gasteiger partial charge in [-0.05, 0) is 50.2 Å². The van der Waals surface area contributed by atoms with E-state index in [2.05, 4.69) is 41.5 Å². The zero-order chi connectivity index (χ0) is 15.8. The summed E-state index contributed by atoms with van der Waals surface area (Å²) in [5, 5.41) is 3.06. The first-order valence-electron chi connectivity index (χ1n) is 8.00. The fraction of sp³-hybridized carbons (Fsp3) is 0.588. The molecule has 4 nitrogen and oxygen atoms in total. The second-order valence-electron chi connectivity index (χ2n) is 6.04. The first-order chi connectivity index (χ1) is 10.6. The molecule has 1 saturated heterocycles. The number of nitrogens with one attached hydrogen (secondary N) is 1. The number of amides is 2. The molecule has 2 amide bonds. The average molecular weight is 321 g/mol. The van der Waals surface area contributed by atoms with Crippen molar-refractivity contribution in [2.45, 2.75) is 17.7 Å². The largest absolute Gasteiger partial charge is 0.338 e. The summed E-state index contributed by atoms with van der Waals surface area (Å²) in [6, 6.07) is 10.5. The molecule has 1 aliphatic heterocycles. The number of carbonyl (C=O) groups excluding carboxylic acids is 1. The minimum absolute atomic E-state index is 0.0549. The minimum Gasteiger partial charge on any atom is -0.338 e. The van der Waals surface area contributed by atoms with Crippen LogP contribution in [0.4, 0.5) is 4.79 Å². The Morgan fingerprint density at radius 1 is 1.41 bits per heavy atom. The molecular weight excluding hydrogens is 294 g/mol. The molecule has 1 N–H and O–H groups in total. The molecule has 1 unspecified atom stereocenters. The van der Waals surface area contributed by atoms with Crippen molar-refractivity contribution in [1.82, 2.24) is 15.1 Å². The fourth-order valence-corrected chi connectivity index (χ4v) is 3.53. The molecule has 22 heavy (non-hydrogen) atoms. The average Bonchev–Trinajstić information content (AvgIpc) is 2.95. The second kappa shape index (κ2) is 9.06. The lowest BCUT2D eigenvalue weighted by molar-refractivity contribution is 0.207. The molecule has 5 heteroatoms. The van der Waals surface area contributed by atoms with Crippen LogP contribution in [-0.2, 0) is 0 Å². The molecule has 1 heterocycles. The third kappa shape index (κ3) is 5.89. The number of hydrogen-bond donors (Lipinski definition) is 1. The highest BCUT2D eigenvalue weighted by molar-refractivity contribution is 7.99. The van der Waals surface area contributed by atoms with Crippen LogP contribution in [0.1, 0.15) is 12.8 Å². The third-order valence-corrected chi connectivity index (χ3v) is 5.13. The molecule has 0 aromatic heterocycles. The first-order valence-corrected chi connectivity index (χ1v) is 8.99. The van der Waals surface area contributed by atoms with Gasteiger partial charge >= 0.3 is 6.03 Å². The standard InChI is InChI=1S/C17H27N3OS/c1-19-11-9-15(14-19)13-18-17(21)20(2)10-6-12-22-16-7-4-3-5-8-16/h3-5,7-8,15H,6,9-14H2,1-2H3,(H,18,21). The van der Waals surface area contributed by atoms with E-state index in [4.69, 9.17) is 0 Å². The number of carbonyl (C=O) groups is 1. The molecule has 0 bridgehead atoms. The summed E-state index contributed by atoms with van der Waals surface area (Å²) >= 11 is 1.84. The van der Waals surface area contributed by atoms with Crippen molar-refractivity contribution in [1.29, 1.82) is 0 Å². The van der Waals surface area contributed by atoms with Crippen molar-refractivity contribution in [3.63, 3.8) is 0 Å². The topological polar surface area (TPSA) is 35.6 Å². The summed E-state index contributed by atoms with van der Waals surface area (Å²) in [7, 11) is 4.02. The highest BCUT2D eigenvalue weighted by Gasteiger charge is 2.20. The maximum Gasteiger partial charge on any atom is 0.317 e. The zero-order valence-corrected chi connectivity index (χ0v) is 14.4. The van der Waals surface area contributed by atoms with Crippen LogP contribution in [0.15, 0.2) is 35.2 Å². The lowest BCUT2D eigenvalue weighted by atomic mass is 10.1. The lowest BCUT2D eigenvalue weighted by Crippen LogP contribution is -2.40. The quantitative estimate of drug-likeness (QED) is 0.619. The zero-order valence-electron chi connectivity index (χ0n) is 13.6. The highest BCUT2D eigenvalue weighted by Crippen LogP contribution is 2.17. The van der Waals surface area contributed by atoms with Gasteiger partial charge in [0.25, 0.3) is 0 Å². The summed E-state index contributed by atoms with van der Waals surface area (Å²) in [5.41, 5.74) is 0. The Labute approximate surface area is 138 Å². The molecule has 1 aliphatic rings. The van der Waals surface area contributed by atoms with Crippen molar-refractivity contribution in [3.05, 3.63) is 30.3 Å². The molecule has 0 spiro atoms. The smallest absolute Gasteiger partial charge is 0.317 e. The van der Waals surface area contributed by atoms with Gasteiger partial charge in [0.2, 0.25) is 0 Å². The van der Waals surface area contributed by atoms with Crippen molar-refractivity contribution in [2.75, 3.05) is 46.0 Å². The van der Waals surface area contributed by atoms with Crippen molar-refractivity contribution < 1.29 is 4.79 Å². The van der Waals surface area contributed by atoms with Crippen molar-refractivity contribution >= 4 is 17.8 Å². The van der Waals surface area contributed by atoms with Gasteiger partial charge in [-0.1, -0.05) is 18.2 Å². The van der Waals surface area contributed by atoms with Crippen LogP contribution in [0.2, 0.25) is 0 Å². The maximum atomic E-state index is 12.0. The van der Waals surface area contributed by atoms with Crippen molar-refractivity contribution in [3.8, 4) is 0 Å². The number of nitrogens with zero attached hydrogens (tertiary/aromatic N) is 2. The van der Waals surface area contributed by atoms with Gasteiger partial charge in [-0.15, -0.1) is 11.8 Å². The van der Waals surface area contributed by atoms with Gasteiger partial charge in [0, 0.05) is 31.6 Å². The van der Waals surface area contributed by atoms with E-state index in [1.54, 1.807) is 4.90 Å². The summed E-state index contributed by atoms with van der Waals surface area (Å²) in [5.74, 6) is 1.64. The van der Waals surface area contributed by atoms with Crippen LogP contribution in [0.25, 0.3) is 0 Å². The molecule has 1 aromatic carbocycles.